The van der Waals surface area contributed by atoms with Gasteiger partial charge in [0, 0.05) is 12.2 Å². The number of anilines is 1. The Bertz CT molecular complexity index is 896. The van der Waals surface area contributed by atoms with Gasteiger partial charge in [-0.05, 0) is 67.5 Å². The summed E-state index contributed by atoms with van der Waals surface area (Å²) in [6, 6.07) is 12.6. The summed E-state index contributed by atoms with van der Waals surface area (Å²) < 4.78 is 9.91. The minimum Gasteiger partial charge on any atom is -0.434 e. The second-order valence-electron chi connectivity index (χ2n) is 7.57. The minimum atomic E-state index is -0.732. The van der Waals surface area contributed by atoms with E-state index in [2.05, 4.69) is 13.0 Å². The maximum absolute atomic E-state index is 13.1. The molecule has 6 nitrogen and oxygen atoms in total. The van der Waals surface area contributed by atoms with Crippen LogP contribution in [0.2, 0.25) is 0 Å². The van der Waals surface area contributed by atoms with Gasteiger partial charge in [-0.2, -0.15) is 0 Å². The van der Waals surface area contributed by atoms with E-state index in [1.54, 1.807) is 19.1 Å². The van der Waals surface area contributed by atoms with E-state index in [1.165, 1.54) is 5.56 Å². The smallest absolute Gasteiger partial charge is 0.434 e. The largest absolute Gasteiger partial charge is 0.513 e. The lowest BCUT2D eigenvalue weighted by atomic mass is 9.92. The average Bonchev–Trinajstić information content (AvgIpc) is 2.68. The van der Waals surface area contributed by atoms with Gasteiger partial charge in [-0.15, -0.1) is 0 Å². The maximum atomic E-state index is 13.1. The van der Waals surface area contributed by atoms with Crippen LogP contribution in [0.4, 0.5) is 10.5 Å². The molecule has 2 aromatic carbocycles. The van der Waals surface area contributed by atoms with Crippen LogP contribution in [0.15, 0.2) is 42.5 Å². The van der Waals surface area contributed by atoms with Crippen LogP contribution in [0, 0.1) is 12.8 Å². The van der Waals surface area contributed by atoms with Crippen LogP contribution in [0.5, 0.6) is 5.75 Å². The van der Waals surface area contributed by atoms with Gasteiger partial charge in [0.1, 0.15) is 5.75 Å². The van der Waals surface area contributed by atoms with Crippen molar-refractivity contribution in [2.24, 2.45) is 11.7 Å². The molecule has 2 N–H and O–H groups in total. The van der Waals surface area contributed by atoms with Crippen molar-refractivity contribution in [2.45, 2.75) is 39.7 Å². The summed E-state index contributed by atoms with van der Waals surface area (Å²) in [5, 5.41) is 0. The molecule has 2 unspecified atom stereocenters. The highest BCUT2D eigenvalue weighted by atomic mass is 16.7. The third-order valence-corrected chi connectivity index (χ3v) is 5.15. The highest BCUT2D eigenvalue weighted by Crippen LogP contribution is 2.30. The topological polar surface area (TPSA) is 81.9 Å². The zero-order chi connectivity index (χ0) is 21.0. The Morgan fingerprint density at radius 2 is 2.00 bits per heavy atom. The molecule has 1 aliphatic heterocycles. The second kappa shape index (κ2) is 9.09. The molecule has 0 bridgehead atoms. The van der Waals surface area contributed by atoms with Crippen molar-refractivity contribution in [1.29, 1.82) is 0 Å². The van der Waals surface area contributed by atoms with Crippen LogP contribution < -0.4 is 15.4 Å². The minimum absolute atomic E-state index is 0.0738. The number of nitrogens with zero attached hydrogens (tertiary/aromatic N) is 1. The third kappa shape index (κ3) is 4.95. The Kier molecular flexibility index (Phi) is 6.54. The molecule has 154 valence electrons. The molecule has 1 aliphatic rings. The first-order chi connectivity index (χ1) is 13.9. The number of hydrogen-bond donors (Lipinski definition) is 1. The number of amides is 1. The molecule has 1 heterocycles. The zero-order valence-electron chi connectivity index (χ0n) is 17.2. The summed E-state index contributed by atoms with van der Waals surface area (Å²) in [5.74, 6) is 0.723. The number of benzene rings is 2. The van der Waals surface area contributed by atoms with E-state index < -0.39 is 12.2 Å². The third-order valence-electron chi connectivity index (χ3n) is 5.15. The Labute approximate surface area is 171 Å². The van der Waals surface area contributed by atoms with Gasteiger partial charge in [0.15, 0.2) is 0 Å². The fourth-order valence-electron chi connectivity index (χ4n) is 3.73. The normalized spacial score (nSPS) is 16.7. The number of aryl methyl sites for hydroxylation is 1. The Morgan fingerprint density at radius 1 is 1.24 bits per heavy atom. The van der Waals surface area contributed by atoms with Gasteiger partial charge >= 0.3 is 6.16 Å². The van der Waals surface area contributed by atoms with E-state index >= 15 is 0 Å². The number of ether oxygens (including phenoxy) is 2. The molecule has 6 heteroatoms. The van der Waals surface area contributed by atoms with Crippen molar-refractivity contribution in [1.82, 2.24) is 0 Å². The van der Waals surface area contributed by atoms with E-state index in [0.29, 0.717) is 24.6 Å². The molecular formula is C23H28N2O4. The molecule has 0 radical (unpaired) electrons. The quantitative estimate of drug-likeness (QED) is 0.617. The van der Waals surface area contributed by atoms with Crippen LogP contribution in [-0.2, 0) is 22.4 Å². The number of rotatable bonds is 5. The summed E-state index contributed by atoms with van der Waals surface area (Å²) in [6.07, 6.45) is 0.651. The van der Waals surface area contributed by atoms with Crippen molar-refractivity contribution in [3.63, 3.8) is 0 Å². The molecular weight excluding hydrogens is 368 g/mol. The molecule has 1 amide bonds. The Morgan fingerprint density at radius 3 is 2.72 bits per heavy atom. The molecule has 0 saturated heterocycles. The zero-order valence-corrected chi connectivity index (χ0v) is 17.2. The standard InChI is InChI=1S/C23H28N2O4/c1-4-28-23(27)29-19-10-9-17(16(3)12-19)13-20(24)22(26)25-14-15(2)11-18-7-5-6-8-21(18)25/h5-10,12,15,20H,4,11,13-14,24H2,1-3H3. The van der Waals surface area contributed by atoms with Crippen LogP contribution >= 0.6 is 0 Å². The van der Waals surface area contributed by atoms with Gasteiger partial charge < -0.3 is 20.1 Å². The maximum Gasteiger partial charge on any atom is 0.513 e. The van der Waals surface area contributed by atoms with Crippen molar-refractivity contribution < 1.29 is 19.1 Å². The van der Waals surface area contributed by atoms with E-state index in [-0.39, 0.29) is 12.5 Å². The molecule has 2 aromatic rings. The van der Waals surface area contributed by atoms with Crippen LogP contribution in [0.1, 0.15) is 30.5 Å². The number of carbonyl (C=O) groups excluding carboxylic acids is 2. The predicted octanol–water partition coefficient (Wildman–Crippen LogP) is 3.63. The van der Waals surface area contributed by atoms with Gasteiger partial charge in [-0.25, -0.2) is 4.79 Å². The SMILES string of the molecule is CCOC(=O)Oc1ccc(CC(N)C(=O)N2CC(C)Cc3ccccc32)c(C)c1. The molecule has 0 fully saturated rings. The predicted molar refractivity (Wildman–Crippen MR) is 112 cm³/mol. The van der Waals surface area contributed by atoms with Crippen molar-refractivity contribution in [3.05, 3.63) is 59.2 Å². The fourth-order valence-corrected chi connectivity index (χ4v) is 3.73. The monoisotopic (exact) mass is 396 g/mol. The Balaban J connectivity index is 1.71. The number of carbonyl (C=O) groups is 2. The summed E-state index contributed by atoms with van der Waals surface area (Å²) in [6.45, 7) is 6.70. The lowest BCUT2D eigenvalue weighted by molar-refractivity contribution is -0.120. The first kappa shape index (κ1) is 20.9. The number of fused-ring (bicyclic) bond motifs is 1. The molecule has 0 aliphatic carbocycles. The summed E-state index contributed by atoms with van der Waals surface area (Å²) in [5.41, 5.74) is 10.3. The summed E-state index contributed by atoms with van der Waals surface area (Å²) >= 11 is 0. The molecule has 29 heavy (non-hydrogen) atoms. The van der Waals surface area contributed by atoms with E-state index in [1.807, 2.05) is 36.1 Å². The number of hydrogen-bond acceptors (Lipinski definition) is 5. The molecule has 0 saturated carbocycles. The van der Waals surface area contributed by atoms with Gasteiger partial charge in [0.05, 0.1) is 12.6 Å². The summed E-state index contributed by atoms with van der Waals surface area (Å²) in [4.78, 5) is 26.4. The van der Waals surface area contributed by atoms with Gasteiger partial charge in [-0.1, -0.05) is 31.2 Å². The Hall–Kier alpha value is -2.86. The van der Waals surface area contributed by atoms with Gasteiger partial charge in [-0.3, -0.25) is 4.79 Å². The first-order valence-electron chi connectivity index (χ1n) is 9.98. The van der Waals surface area contributed by atoms with Crippen molar-refractivity contribution in [3.8, 4) is 5.75 Å². The molecule has 2 atom stereocenters. The van der Waals surface area contributed by atoms with E-state index in [4.69, 9.17) is 15.2 Å². The van der Waals surface area contributed by atoms with Crippen LogP contribution in [0.25, 0.3) is 0 Å². The molecule has 0 spiro atoms. The van der Waals surface area contributed by atoms with Gasteiger partial charge in [0.2, 0.25) is 5.91 Å². The van der Waals surface area contributed by atoms with E-state index in [9.17, 15) is 9.59 Å². The number of nitrogens with two attached hydrogens (primary N) is 1. The lowest BCUT2D eigenvalue weighted by Crippen LogP contribution is -2.48. The number of para-hydroxylation sites is 1. The highest BCUT2D eigenvalue weighted by molar-refractivity contribution is 5.98. The first-order valence-corrected chi connectivity index (χ1v) is 9.98. The van der Waals surface area contributed by atoms with Crippen LogP contribution in [0.3, 0.4) is 0 Å². The van der Waals surface area contributed by atoms with Gasteiger partial charge in [0.25, 0.3) is 0 Å². The fraction of sp³-hybridized carbons (Fsp3) is 0.391. The highest BCUT2D eigenvalue weighted by Gasteiger charge is 2.29. The van der Waals surface area contributed by atoms with Crippen LogP contribution in [-0.4, -0.2) is 31.3 Å². The van der Waals surface area contributed by atoms with E-state index in [0.717, 1.165) is 23.2 Å². The molecule has 0 aromatic heterocycles. The average molecular weight is 396 g/mol. The van der Waals surface area contributed by atoms with Crippen molar-refractivity contribution >= 4 is 17.7 Å². The molecule has 3 rings (SSSR count). The summed E-state index contributed by atoms with van der Waals surface area (Å²) in [7, 11) is 0. The van der Waals surface area contributed by atoms with Crippen molar-refractivity contribution in [2.75, 3.05) is 18.1 Å². The second-order valence-corrected chi connectivity index (χ2v) is 7.57. The lowest BCUT2D eigenvalue weighted by Gasteiger charge is -2.34.